The molecule has 0 amide bonds. The van der Waals surface area contributed by atoms with Crippen molar-refractivity contribution in [3.05, 3.63) is 70.0 Å². The first-order chi connectivity index (χ1) is 17.5. The van der Waals surface area contributed by atoms with Gasteiger partial charge in [-0.25, -0.2) is 14.4 Å². The number of H-pyrrole nitrogens is 1. The summed E-state index contributed by atoms with van der Waals surface area (Å²) in [5, 5.41) is 4.59. The van der Waals surface area contributed by atoms with Gasteiger partial charge in [0.15, 0.2) is 0 Å². The Hall–Kier alpha value is -3.43. The second kappa shape index (κ2) is 8.90. The van der Waals surface area contributed by atoms with Gasteiger partial charge in [-0.15, -0.1) is 0 Å². The lowest BCUT2D eigenvalue weighted by atomic mass is 9.69. The monoisotopic (exact) mass is 489 g/mol. The number of nitrogens with zero attached hydrogens (tertiary/aromatic N) is 3. The first-order valence-electron chi connectivity index (χ1n) is 12.3. The lowest BCUT2D eigenvalue weighted by molar-refractivity contribution is -0.165. The molecule has 186 valence electrons. The molecule has 4 aromatic heterocycles. The predicted molar refractivity (Wildman–Crippen MR) is 133 cm³/mol. The normalized spacial score (nSPS) is 23.4. The third-order valence-electron chi connectivity index (χ3n) is 7.84. The first-order valence-corrected chi connectivity index (χ1v) is 12.3. The van der Waals surface area contributed by atoms with Gasteiger partial charge in [0.2, 0.25) is 11.4 Å². The molecule has 0 unspecified atom stereocenters. The summed E-state index contributed by atoms with van der Waals surface area (Å²) >= 11 is 0. The van der Waals surface area contributed by atoms with E-state index in [4.69, 9.17) is 9.47 Å². The summed E-state index contributed by atoms with van der Waals surface area (Å²) in [5.74, 6) is 0.107. The van der Waals surface area contributed by atoms with Gasteiger partial charge in [-0.1, -0.05) is 0 Å². The summed E-state index contributed by atoms with van der Waals surface area (Å²) in [5.41, 5.74) is 2.77. The van der Waals surface area contributed by atoms with Crippen molar-refractivity contribution in [1.29, 1.82) is 0 Å². The minimum absolute atomic E-state index is 0.0913. The number of halogens is 1. The Morgan fingerprint density at radius 2 is 1.94 bits per heavy atom. The van der Waals surface area contributed by atoms with Crippen LogP contribution in [0.15, 0.2) is 47.4 Å². The zero-order chi connectivity index (χ0) is 24.8. The number of aryl methyl sites for hydroxylation is 1. The molecule has 36 heavy (non-hydrogen) atoms. The average Bonchev–Trinajstić information content (AvgIpc) is 2.92. The van der Waals surface area contributed by atoms with Crippen LogP contribution in [-0.2, 0) is 17.7 Å². The van der Waals surface area contributed by atoms with Crippen LogP contribution in [0.5, 0.6) is 5.88 Å². The molecule has 2 saturated heterocycles. The zero-order valence-electron chi connectivity index (χ0n) is 20.1. The van der Waals surface area contributed by atoms with Crippen LogP contribution in [-0.4, -0.2) is 44.8 Å². The Morgan fingerprint density at radius 3 is 2.72 bits per heavy atom. The van der Waals surface area contributed by atoms with Crippen LogP contribution in [0.3, 0.4) is 0 Å². The molecule has 1 saturated carbocycles. The zero-order valence-corrected chi connectivity index (χ0v) is 20.1. The van der Waals surface area contributed by atoms with Crippen LogP contribution in [0, 0.1) is 5.82 Å². The Bertz CT molecular complexity index is 1480. The summed E-state index contributed by atoms with van der Waals surface area (Å²) in [4.78, 5) is 27.7. The van der Waals surface area contributed by atoms with Gasteiger partial charge in [-0.05, 0) is 62.8 Å². The van der Waals surface area contributed by atoms with E-state index in [-0.39, 0.29) is 22.5 Å². The number of fused-ring (bicyclic) bond motifs is 5. The predicted octanol–water partition coefficient (Wildman–Crippen LogP) is 3.82. The van der Waals surface area contributed by atoms with E-state index >= 15 is 0 Å². The van der Waals surface area contributed by atoms with Crippen molar-refractivity contribution in [2.45, 2.75) is 56.2 Å². The van der Waals surface area contributed by atoms with Crippen molar-refractivity contribution in [3.8, 4) is 5.88 Å². The van der Waals surface area contributed by atoms with Crippen molar-refractivity contribution >= 4 is 22.1 Å². The number of hydrogen-bond acceptors (Lipinski definition) is 7. The van der Waals surface area contributed by atoms with Crippen LogP contribution >= 0.6 is 0 Å². The number of rotatable bonds is 7. The van der Waals surface area contributed by atoms with Crippen LogP contribution in [0.1, 0.15) is 43.4 Å². The molecule has 0 spiro atoms. The molecule has 9 heteroatoms. The van der Waals surface area contributed by atoms with E-state index in [1.165, 1.54) is 12.3 Å². The molecule has 2 aliphatic heterocycles. The highest BCUT2D eigenvalue weighted by Gasteiger charge is 2.49. The first kappa shape index (κ1) is 23.0. The molecule has 0 aromatic carbocycles. The standard InChI is InChI=1S/C27H28FN5O3/c1-35-23-7-5-21-24(33-23)19(20(28)15-29-21)8-9-27-12-10-26(11-13-27,16-36-27)30-14-18-4-2-17-3-6-22(34)32-25(17)31-18/h2-7,15,30H,8-14,16H2,1H3,(H,31,32,34). The maximum atomic E-state index is 14.8. The third kappa shape index (κ3) is 4.22. The van der Waals surface area contributed by atoms with Crippen LogP contribution < -0.4 is 15.6 Å². The van der Waals surface area contributed by atoms with Gasteiger partial charge in [0.25, 0.3) is 0 Å². The van der Waals surface area contributed by atoms with Gasteiger partial charge in [-0.3, -0.25) is 9.78 Å². The molecule has 0 atom stereocenters. The van der Waals surface area contributed by atoms with Crippen LogP contribution in [0.2, 0.25) is 0 Å². The largest absolute Gasteiger partial charge is 0.481 e. The molecule has 6 heterocycles. The fraction of sp³-hybridized carbons (Fsp3) is 0.407. The summed E-state index contributed by atoms with van der Waals surface area (Å²) in [7, 11) is 1.55. The number of pyridine rings is 4. The van der Waals surface area contributed by atoms with E-state index < -0.39 is 0 Å². The SMILES string of the molecule is COc1ccc2ncc(F)c(CCC34CCC(NCc5ccc6ccc(=O)[nH]c6n5)(CC3)CO4)c2n1. The van der Waals surface area contributed by atoms with E-state index in [1.807, 2.05) is 18.2 Å². The molecule has 1 aliphatic carbocycles. The Kier molecular flexibility index (Phi) is 5.69. The van der Waals surface area contributed by atoms with E-state index in [0.29, 0.717) is 47.7 Å². The summed E-state index contributed by atoms with van der Waals surface area (Å²) < 4.78 is 26.5. The summed E-state index contributed by atoms with van der Waals surface area (Å²) in [6.45, 7) is 1.22. The Balaban J connectivity index is 1.12. The maximum Gasteiger partial charge on any atom is 0.249 e. The van der Waals surface area contributed by atoms with Gasteiger partial charge in [-0.2, -0.15) is 0 Å². The fourth-order valence-electron chi connectivity index (χ4n) is 5.54. The fourth-order valence-corrected chi connectivity index (χ4v) is 5.54. The second-order valence-corrected chi connectivity index (χ2v) is 9.97. The van der Waals surface area contributed by atoms with Gasteiger partial charge >= 0.3 is 0 Å². The number of aromatic amines is 1. The van der Waals surface area contributed by atoms with Crippen molar-refractivity contribution in [2.24, 2.45) is 0 Å². The van der Waals surface area contributed by atoms with Crippen molar-refractivity contribution in [1.82, 2.24) is 25.3 Å². The number of methoxy groups -OCH3 is 1. The van der Waals surface area contributed by atoms with E-state index in [0.717, 1.165) is 43.2 Å². The van der Waals surface area contributed by atoms with Crippen molar-refractivity contribution in [2.75, 3.05) is 13.7 Å². The van der Waals surface area contributed by atoms with Gasteiger partial charge in [0, 0.05) is 35.2 Å². The highest BCUT2D eigenvalue weighted by molar-refractivity contribution is 5.78. The molecule has 3 fully saturated rings. The minimum atomic E-state index is -0.341. The Labute approximate surface area is 207 Å². The highest BCUT2D eigenvalue weighted by Crippen LogP contribution is 2.46. The third-order valence-corrected chi connectivity index (χ3v) is 7.84. The Morgan fingerprint density at radius 1 is 1.11 bits per heavy atom. The van der Waals surface area contributed by atoms with Crippen LogP contribution in [0.4, 0.5) is 4.39 Å². The lowest BCUT2D eigenvalue weighted by Crippen LogP contribution is -2.61. The molecule has 3 aliphatic rings. The number of ether oxygens (including phenoxy) is 2. The topological polar surface area (TPSA) is 102 Å². The highest BCUT2D eigenvalue weighted by atomic mass is 19.1. The molecule has 2 N–H and O–H groups in total. The molecular weight excluding hydrogens is 461 g/mol. The van der Waals surface area contributed by atoms with Crippen molar-refractivity contribution in [3.63, 3.8) is 0 Å². The number of aromatic nitrogens is 4. The van der Waals surface area contributed by atoms with E-state index in [2.05, 4.69) is 25.3 Å². The van der Waals surface area contributed by atoms with Crippen LogP contribution in [0.25, 0.3) is 22.1 Å². The molecule has 7 rings (SSSR count). The van der Waals surface area contributed by atoms with E-state index in [9.17, 15) is 9.18 Å². The quantitative estimate of drug-likeness (QED) is 0.407. The molecule has 8 nitrogen and oxygen atoms in total. The summed E-state index contributed by atoms with van der Waals surface area (Å²) in [6.07, 6.45) is 6.35. The molecule has 0 radical (unpaired) electrons. The molecule has 2 bridgehead atoms. The second-order valence-electron chi connectivity index (χ2n) is 9.97. The number of hydrogen-bond donors (Lipinski definition) is 2. The molecule has 4 aromatic rings. The van der Waals surface area contributed by atoms with Gasteiger partial charge < -0.3 is 19.8 Å². The minimum Gasteiger partial charge on any atom is -0.481 e. The summed E-state index contributed by atoms with van der Waals surface area (Å²) in [6, 6.07) is 10.8. The smallest absolute Gasteiger partial charge is 0.249 e. The molecular formula is C27H28FN5O3. The van der Waals surface area contributed by atoms with Crippen molar-refractivity contribution < 1.29 is 13.9 Å². The lowest BCUT2D eigenvalue weighted by Gasteiger charge is -2.53. The van der Waals surface area contributed by atoms with E-state index in [1.54, 1.807) is 19.2 Å². The number of nitrogens with one attached hydrogen (secondary N) is 2. The van der Waals surface area contributed by atoms with Gasteiger partial charge in [0.1, 0.15) is 11.5 Å². The maximum absolute atomic E-state index is 14.8. The van der Waals surface area contributed by atoms with Gasteiger partial charge in [0.05, 0.1) is 42.2 Å². The average molecular weight is 490 g/mol.